The van der Waals surface area contributed by atoms with Gasteiger partial charge in [0, 0.05) is 16.5 Å². The Morgan fingerprint density at radius 1 is 0.347 bits per heavy atom. The maximum Gasteiger partial charge on any atom is 0.0541 e. The van der Waals surface area contributed by atoms with Gasteiger partial charge in [-0.05, 0) is 96.2 Å². The number of fused-ring (bicyclic) bond motifs is 5. The topological polar surface area (TPSA) is 4.93 Å². The molecule has 0 N–H and O–H groups in total. The van der Waals surface area contributed by atoms with Gasteiger partial charge in [-0.25, -0.2) is 0 Å². The quantitative estimate of drug-likeness (QED) is 0.171. The molecular formula is C48H37N. The van der Waals surface area contributed by atoms with Crippen molar-refractivity contribution >= 4 is 43.4 Å². The molecule has 0 fully saturated rings. The van der Waals surface area contributed by atoms with Crippen molar-refractivity contribution in [2.75, 3.05) is 0 Å². The predicted octanol–water partition coefficient (Wildman–Crippen LogP) is 13.4. The van der Waals surface area contributed by atoms with Crippen molar-refractivity contribution in [2.45, 2.75) is 26.2 Å². The molecule has 0 atom stereocenters. The first-order valence-corrected chi connectivity index (χ1v) is 17.2. The molecule has 1 aromatic heterocycles. The highest BCUT2D eigenvalue weighted by molar-refractivity contribution is 6.21. The molecule has 1 heteroatoms. The van der Waals surface area contributed by atoms with E-state index in [0.29, 0.717) is 0 Å². The second kappa shape index (κ2) is 11.4. The van der Waals surface area contributed by atoms with E-state index in [0.717, 1.165) is 0 Å². The van der Waals surface area contributed by atoms with Crippen molar-refractivity contribution in [3.05, 3.63) is 175 Å². The number of hydrogen-bond donors (Lipinski definition) is 0. The van der Waals surface area contributed by atoms with Gasteiger partial charge < -0.3 is 4.57 Å². The lowest BCUT2D eigenvalue weighted by atomic mass is 9.86. The summed E-state index contributed by atoms with van der Waals surface area (Å²) in [7, 11) is 0. The Bertz CT molecular complexity index is 2590. The summed E-state index contributed by atoms with van der Waals surface area (Å²) in [6.07, 6.45) is 0. The molecule has 49 heavy (non-hydrogen) atoms. The molecule has 0 saturated heterocycles. The molecule has 0 spiro atoms. The Hall–Kier alpha value is -5.92. The average molecular weight is 628 g/mol. The fourth-order valence-electron chi connectivity index (χ4n) is 7.73. The van der Waals surface area contributed by atoms with Crippen LogP contribution < -0.4 is 0 Å². The van der Waals surface area contributed by atoms with Crippen LogP contribution in [0.25, 0.3) is 82.4 Å². The molecule has 0 amide bonds. The lowest BCUT2D eigenvalue weighted by Crippen LogP contribution is -2.10. The van der Waals surface area contributed by atoms with E-state index >= 15 is 0 Å². The Kier molecular flexibility index (Phi) is 6.78. The normalized spacial score (nSPS) is 12.0. The van der Waals surface area contributed by atoms with Crippen molar-refractivity contribution in [1.29, 1.82) is 0 Å². The van der Waals surface area contributed by atoms with Gasteiger partial charge in [0.15, 0.2) is 0 Å². The average Bonchev–Trinajstić information content (AvgIpc) is 3.47. The molecule has 0 aliphatic carbocycles. The number of nitrogens with zero attached hydrogens (tertiary/aromatic N) is 1. The van der Waals surface area contributed by atoms with Crippen molar-refractivity contribution in [3.8, 4) is 39.1 Å². The van der Waals surface area contributed by atoms with Crippen LogP contribution >= 0.6 is 0 Å². The zero-order valence-electron chi connectivity index (χ0n) is 28.1. The van der Waals surface area contributed by atoms with Crippen molar-refractivity contribution in [1.82, 2.24) is 4.57 Å². The van der Waals surface area contributed by atoms with Gasteiger partial charge in [-0.2, -0.15) is 0 Å². The van der Waals surface area contributed by atoms with Gasteiger partial charge in [-0.3, -0.25) is 0 Å². The third-order valence-corrected chi connectivity index (χ3v) is 10.2. The molecule has 1 heterocycles. The minimum absolute atomic E-state index is 0.121. The van der Waals surface area contributed by atoms with Crippen LogP contribution in [-0.2, 0) is 5.41 Å². The Morgan fingerprint density at radius 3 is 1.37 bits per heavy atom. The summed E-state index contributed by atoms with van der Waals surface area (Å²) in [5.74, 6) is 0. The summed E-state index contributed by atoms with van der Waals surface area (Å²) in [6.45, 7) is 6.80. The second-order valence-corrected chi connectivity index (χ2v) is 14.2. The fourth-order valence-corrected chi connectivity index (χ4v) is 7.73. The molecule has 8 aromatic carbocycles. The Morgan fingerprint density at radius 2 is 0.796 bits per heavy atom. The van der Waals surface area contributed by atoms with Gasteiger partial charge in [-0.1, -0.05) is 160 Å². The SMILES string of the molecule is CC(C)(C)c1ccc(-n2c3ccccc3c3cc(-c4ccc(-c5c6ccccc6c(-c6ccccc6)c6ccccc56)cc4)ccc32)cc1. The van der Waals surface area contributed by atoms with Crippen LogP contribution in [0.3, 0.4) is 0 Å². The zero-order valence-corrected chi connectivity index (χ0v) is 28.1. The van der Waals surface area contributed by atoms with Crippen LogP contribution in [0.15, 0.2) is 170 Å². The van der Waals surface area contributed by atoms with Crippen LogP contribution in [0.5, 0.6) is 0 Å². The molecule has 0 saturated carbocycles. The summed E-state index contributed by atoms with van der Waals surface area (Å²) in [6, 6.07) is 62.5. The lowest BCUT2D eigenvalue weighted by molar-refractivity contribution is 0.590. The van der Waals surface area contributed by atoms with Crippen LogP contribution in [0.2, 0.25) is 0 Å². The summed E-state index contributed by atoms with van der Waals surface area (Å²) in [5.41, 5.74) is 12.6. The fraction of sp³-hybridized carbons (Fsp3) is 0.0833. The molecule has 0 aliphatic heterocycles. The van der Waals surface area contributed by atoms with E-state index in [1.165, 1.54) is 88.0 Å². The third kappa shape index (κ3) is 4.85. The van der Waals surface area contributed by atoms with Crippen LogP contribution in [0.4, 0.5) is 0 Å². The van der Waals surface area contributed by atoms with Crippen LogP contribution in [0, 0.1) is 0 Å². The maximum absolute atomic E-state index is 2.40. The summed E-state index contributed by atoms with van der Waals surface area (Å²) >= 11 is 0. The number of aromatic nitrogens is 1. The molecule has 0 bridgehead atoms. The van der Waals surface area contributed by atoms with E-state index in [9.17, 15) is 0 Å². The third-order valence-electron chi connectivity index (χ3n) is 10.2. The Labute approximate surface area is 287 Å². The highest BCUT2D eigenvalue weighted by Gasteiger charge is 2.18. The molecule has 0 aliphatic rings. The monoisotopic (exact) mass is 627 g/mol. The lowest BCUT2D eigenvalue weighted by Gasteiger charge is -2.19. The van der Waals surface area contributed by atoms with E-state index in [1.807, 2.05) is 0 Å². The highest BCUT2D eigenvalue weighted by Crippen LogP contribution is 2.44. The number of benzene rings is 8. The largest absolute Gasteiger partial charge is 0.309 e. The second-order valence-electron chi connectivity index (χ2n) is 14.2. The van der Waals surface area contributed by atoms with Gasteiger partial charge in [0.25, 0.3) is 0 Å². The van der Waals surface area contributed by atoms with Crippen molar-refractivity contribution < 1.29 is 0 Å². The van der Waals surface area contributed by atoms with Crippen LogP contribution in [0.1, 0.15) is 26.3 Å². The first-order chi connectivity index (χ1) is 24.0. The van der Waals surface area contributed by atoms with Gasteiger partial charge in [-0.15, -0.1) is 0 Å². The predicted molar refractivity (Wildman–Crippen MR) is 211 cm³/mol. The number of hydrogen-bond acceptors (Lipinski definition) is 0. The summed E-state index contributed by atoms with van der Waals surface area (Å²) in [5, 5.41) is 7.65. The minimum Gasteiger partial charge on any atom is -0.309 e. The zero-order chi connectivity index (χ0) is 33.1. The first-order valence-electron chi connectivity index (χ1n) is 17.2. The van der Waals surface area contributed by atoms with Gasteiger partial charge in [0.1, 0.15) is 0 Å². The molecule has 9 aromatic rings. The minimum atomic E-state index is 0.121. The standard InChI is InChI=1S/C48H37N/c1-48(2,3)36-26-28-37(29-27-36)49-44-20-12-11-15-38(44)43-31-35(25-30-45(43)49)32-21-23-34(24-22-32)47-41-18-9-7-16-39(41)46(33-13-5-4-6-14-33)40-17-8-10-19-42(40)47/h4-31H,1-3H3. The van der Waals surface area contributed by atoms with E-state index < -0.39 is 0 Å². The van der Waals surface area contributed by atoms with Crippen LogP contribution in [-0.4, -0.2) is 4.57 Å². The van der Waals surface area contributed by atoms with Crippen molar-refractivity contribution in [2.24, 2.45) is 0 Å². The molecule has 9 rings (SSSR count). The number of rotatable bonds is 4. The van der Waals surface area contributed by atoms with E-state index in [2.05, 4.69) is 195 Å². The maximum atomic E-state index is 2.40. The Balaban J connectivity index is 1.17. The molecule has 0 unspecified atom stereocenters. The van der Waals surface area contributed by atoms with Gasteiger partial charge in [0.05, 0.1) is 11.0 Å². The smallest absolute Gasteiger partial charge is 0.0541 e. The molecule has 0 radical (unpaired) electrons. The molecular weight excluding hydrogens is 591 g/mol. The first kappa shape index (κ1) is 29.2. The van der Waals surface area contributed by atoms with E-state index in [-0.39, 0.29) is 5.41 Å². The summed E-state index contributed by atoms with van der Waals surface area (Å²) < 4.78 is 2.40. The highest BCUT2D eigenvalue weighted by atomic mass is 15.0. The van der Waals surface area contributed by atoms with Gasteiger partial charge in [0.2, 0.25) is 0 Å². The molecule has 1 nitrogen and oxygen atoms in total. The summed E-state index contributed by atoms with van der Waals surface area (Å²) in [4.78, 5) is 0. The van der Waals surface area contributed by atoms with E-state index in [1.54, 1.807) is 0 Å². The number of para-hydroxylation sites is 1. The van der Waals surface area contributed by atoms with Gasteiger partial charge >= 0.3 is 0 Å². The van der Waals surface area contributed by atoms with Crippen molar-refractivity contribution in [3.63, 3.8) is 0 Å². The van der Waals surface area contributed by atoms with E-state index in [4.69, 9.17) is 0 Å². The molecule has 234 valence electrons.